The van der Waals surface area contributed by atoms with E-state index in [1.807, 2.05) is 6.92 Å². The van der Waals surface area contributed by atoms with Gasteiger partial charge in [-0.15, -0.1) is 11.3 Å². The average Bonchev–Trinajstić information content (AvgIpc) is 2.96. The van der Waals surface area contributed by atoms with Gasteiger partial charge < -0.3 is 5.32 Å². The van der Waals surface area contributed by atoms with Gasteiger partial charge in [-0.25, -0.2) is 4.98 Å². The van der Waals surface area contributed by atoms with Gasteiger partial charge in [0.05, 0.1) is 11.7 Å². The van der Waals surface area contributed by atoms with Crippen LogP contribution in [0.1, 0.15) is 63.3 Å². The molecule has 6 heteroatoms. The zero-order valence-corrected chi connectivity index (χ0v) is 16.8. The maximum Gasteiger partial charge on any atom is 0.262 e. The van der Waals surface area contributed by atoms with Gasteiger partial charge >= 0.3 is 0 Å². The van der Waals surface area contributed by atoms with Gasteiger partial charge in [0.1, 0.15) is 11.4 Å². The van der Waals surface area contributed by atoms with Gasteiger partial charge in [0, 0.05) is 10.9 Å². The molecule has 26 heavy (non-hydrogen) atoms. The lowest BCUT2D eigenvalue weighted by Crippen LogP contribution is -2.37. The van der Waals surface area contributed by atoms with E-state index in [-0.39, 0.29) is 24.1 Å². The number of carbonyl (C=O) groups is 1. The summed E-state index contributed by atoms with van der Waals surface area (Å²) < 4.78 is 1.46. The van der Waals surface area contributed by atoms with E-state index in [1.54, 1.807) is 11.3 Å². The number of hydrogen-bond donors (Lipinski definition) is 1. The van der Waals surface area contributed by atoms with Crippen molar-refractivity contribution >= 4 is 27.5 Å². The van der Waals surface area contributed by atoms with Crippen LogP contribution in [-0.2, 0) is 24.2 Å². The number of carbonyl (C=O) groups excluding carboxylic acids is 1. The van der Waals surface area contributed by atoms with Gasteiger partial charge in [0.15, 0.2) is 0 Å². The van der Waals surface area contributed by atoms with Crippen molar-refractivity contribution in [3.63, 3.8) is 0 Å². The highest BCUT2D eigenvalue weighted by molar-refractivity contribution is 7.18. The second-order valence-corrected chi connectivity index (χ2v) is 8.95. The number of aromatic nitrogens is 2. The zero-order valence-electron chi connectivity index (χ0n) is 16.0. The minimum atomic E-state index is -0.116. The minimum Gasteiger partial charge on any atom is -0.352 e. The fourth-order valence-corrected chi connectivity index (χ4v) is 4.89. The maximum absolute atomic E-state index is 12.9. The molecule has 0 saturated carbocycles. The molecule has 2 heterocycles. The second kappa shape index (κ2) is 8.33. The number of nitrogens with one attached hydrogen (secondary N) is 1. The molecule has 1 N–H and O–H groups in total. The molecule has 0 fully saturated rings. The fraction of sp³-hybridized carbons (Fsp3) is 0.650. The van der Waals surface area contributed by atoms with Crippen LogP contribution in [0.15, 0.2) is 11.1 Å². The van der Waals surface area contributed by atoms with Crippen molar-refractivity contribution in [1.29, 1.82) is 0 Å². The topological polar surface area (TPSA) is 64.0 Å². The predicted molar refractivity (Wildman–Crippen MR) is 107 cm³/mol. The van der Waals surface area contributed by atoms with Crippen LogP contribution >= 0.6 is 11.3 Å². The lowest BCUT2D eigenvalue weighted by molar-refractivity contribution is -0.122. The Kier molecular flexibility index (Phi) is 6.12. The summed E-state index contributed by atoms with van der Waals surface area (Å²) in [7, 11) is 0. The highest BCUT2D eigenvalue weighted by Crippen LogP contribution is 2.33. The van der Waals surface area contributed by atoms with E-state index < -0.39 is 0 Å². The van der Waals surface area contributed by atoms with Gasteiger partial charge in [-0.05, 0) is 50.5 Å². The number of rotatable bonds is 7. The van der Waals surface area contributed by atoms with Crippen LogP contribution < -0.4 is 10.9 Å². The Hall–Kier alpha value is -1.69. The summed E-state index contributed by atoms with van der Waals surface area (Å²) in [6.45, 7) is 6.49. The van der Waals surface area contributed by atoms with Gasteiger partial charge in [-0.2, -0.15) is 0 Å². The first-order valence-corrected chi connectivity index (χ1v) is 10.6. The molecule has 5 nitrogen and oxygen atoms in total. The number of nitrogens with zero attached hydrogens (tertiary/aromatic N) is 2. The number of hydrogen-bond acceptors (Lipinski definition) is 4. The molecule has 0 aromatic carbocycles. The molecule has 0 radical (unpaired) electrons. The van der Waals surface area contributed by atoms with Crippen LogP contribution in [0.3, 0.4) is 0 Å². The SMILES string of the molecule is CC(C)CCC[C@@H](C)NC(=O)Cn1cnc2sc3c(c2c1=O)CCCC3. The molecule has 0 aliphatic heterocycles. The van der Waals surface area contributed by atoms with E-state index in [2.05, 4.69) is 24.1 Å². The standard InChI is InChI=1S/C20H29N3O2S/c1-13(2)7-6-8-14(3)22-17(24)11-23-12-21-19-18(20(23)25)15-9-4-5-10-16(15)26-19/h12-14H,4-11H2,1-3H3,(H,22,24)/t14-/m1/s1. The molecule has 1 aliphatic rings. The van der Waals surface area contributed by atoms with Crippen LogP contribution in [0.5, 0.6) is 0 Å². The van der Waals surface area contributed by atoms with Gasteiger partial charge in [-0.1, -0.05) is 26.7 Å². The third-order valence-electron chi connectivity index (χ3n) is 5.08. The summed E-state index contributed by atoms with van der Waals surface area (Å²) in [5.41, 5.74) is 1.10. The molecule has 1 amide bonds. The Bertz CT molecular complexity index is 837. The molecule has 3 rings (SSSR count). The van der Waals surface area contributed by atoms with Crippen molar-refractivity contribution in [3.8, 4) is 0 Å². The van der Waals surface area contributed by atoms with E-state index in [1.165, 1.54) is 34.2 Å². The molecule has 0 saturated heterocycles. The molecule has 1 aliphatic carbocycles. The first kappa shape index (κ1) is 19.1. The van der Waals surface area contributed by atoms with Crippen molar-refractivity contribution < 1.29 is 4.79 Å². The highest BCUT2D eigenvalue weighted by atomic mass is 32.1. The number of aryl methyl sites for hydroxylation is 2. The fourth-order valence-electron chi connectivity index (χ4n) is 3.67. The Balaban J connectivity index is 1.68. The molecule has 2 aromatic rings. The van der Waals surface area contributed by atoms with E-state index in [0.29, 0.717) is 5.92 Å². The number of fused-ring (bicyclic) bond motifs is 3. The first-order chi connectivity index (χ1) is 12.5. The summed E-state index contributed by atoms with van der Waals surface area (Å²) in [6.07, 6.45) is 9.08. The minimum absolute atomic E-state index is 0.0426. The summed E-state index contributed by atoms with van der Waals surface area (Å²) >= 11 is 1.64. The van der Waals surface area contributed by atoms with Crippen LogP contribution in [0.25, 0.3) is 10.2 Å². The van der Waals surface area contributed by atoms with Crippen molar-refractivity contribution in [2.24, 2.45) is 5.92 Å². The van der Waals surface area contributed by atoms with Crippen molar-refractivity contribution in [3.05, 3.63) is 27.1 Å². The van der Waals surface area contributed by atoms with E-state index in [4.69, 9.17) is 0 Å². The summed E-state index contributed by atoms with van der Waals surface area (Å²) in [5, 5.41) is 3.75. The van der Waals surface area contributed by atoms with Crippen LogP contribution in [-0.4, -0.2) is 21.5 Å². The number of amides is 1. The van der Waals surface area contributed by atoms with Crippen molar-refractivity contribution in [2.75, 3.05) is 0 Å². The molecule has 0 bridgehead atoms. The van der Waals surface area contributed by atoms with Crippen molar-refractivity contribution in [2.45, 2.75) is 78.3 Å². The van der Waals surface area contributed by atoms with Crippen LogP contribution in [0.2, 0.25) is 0 Å². The maximum atomic E-state index is 12.9. The monoisotopic (exact) mass is 375 g/mol. The Morgan fingerprint density at radius 3 is 2.81 bits per heavy atom. The van der Waals surface area contributed by atoms with Gasteiger partial charge in [0.25, 0.3) is 5.56 Å². The Labute approximate surface area is 158 Å². The molecule has 0 spiro atoms. The summed E-state index contributed by atoms with van der Waals surface area (Å²) in [6, 6.07) is 0.127. The molecular weight excluding hydrogens is 346 g/mol. The highest BCUT2D eigenvalue weighted by Gasteiger charge is 2.20. The third kappa shape index (κ3) is 4.34. The zero-order chi connectivity index (χ0) is 18.7. The van der Waals surface area contributed by atoms with Gasteiger partial charge in [0.2, 0.25) is 5.91 Å². The first-order valence-electron chi connectivity index (χ1n) is 9.74. The summed E-state index contributed by atoms with van der Waals surface area (Å²) in [5.74, 6) is 0.570. The second-order valence-electron chi connectivity index (χ2n) is 7.86. The Morgan fingerprint density at radius 1 is 1.27 bits per heavy atom. The molecule has 2 aromatic heterocycles. The number of thiophene rings is 1. The van der Waals surface area contributed by atoms with Crippen LogP contribution in [0.4, 0.5) is 0 Å². The molecule has 1 atom stereocenters. The quantitative estimate of drug-likeness (QED) is 0.803. The molecule has 0 unspecified atom stereocenters. The molecular formula is C20H29N3O2S. The van der Waals surface area contributed by atoms with E-state index in [9.17, 15) is 9.59 Å². The molecule has 142 valence electrons. The smallest absolute Gasteiger partial charge is 0.262 e. The lowest BCUT2D eigenvalue weighted by Gasteiger charge is -2.15. The van der Waals surface area contributed by atoms with E-state index >= 15 is 0 Å². The summed E-state index contributed by atoms with van der Waals surface area (Å²) in [4.78, 5) is 31.8. The van der Waals surface area contributed by atoms with Crippen LogP contribution in [0, 0.1) is 5.92 Å². The lowest BCUT2D eigenvalue weighted by atomic mass is 9.97. The van der Waals surface area contributed by atoms with Crippen molar-refractivity contribution in [1.82, 2.24) is 14.9 Å². The Morgan fingerprint density at radius 2 is 2.04 bits per heavy atom. The normalized spacial score (nSPS) is 15.2. The largest absolute Gasteiger partial charge is 0.352 e. The third-order valence-corrected chi connectivity index (χ3v) is 6.28. The predicted octanol–water partition coefficient (Wildman–Crippen LogP) is 3.67. The van der Waals surface area contributed by atoms with E-state index in [0.717, 1.165) is 42.3 Å². The average molecular weight is 376 g/mol. The van der Waals surface area contributed by atoms with Gasteiger partial charge in [-0.3, -0.25) is 14.2 Å².